The highest BCUT2D eigenvalue weighted by molar-refractivity contribution is 7.18. The van der Waals surface area contributed by atoms with Crippen molar-refractivity contribution >= 4 is 27.8 Å². The highest BCUT2D eigenvalue weighted by Gasteiger charge is 2.16. The van der Waals surface area contributed by atoms with E-state index in [9.17, 15) is 0 Å². The molecule has 3 heterocycles. The zero-order valence-corrected chi connectivity index (χ0v) is 13.3. The summed E-state index contributed by atoms with van der Waals surface area (Å²) in [5.74, 6) is 0.983. The first-order valence-electron chi connectivity index (χ1n) is 6.36. The van der Waals surface area contributed by atoms with Crippen molar-refractivity contribution in [3.05, 3.63) is 41.0 Å². The molecular formula is C14H16N4S2. The Kier molecular flexibility index (Phi) is 3.58. The molecule has 6 heteroatoms. The first-order chi connectivity index (χ1) is 9.66. The monoisotopic (exact) mass is 304 g/mol. The summed E-state index contributed by atoms with van der Waals surface area (Å²) in [6.45, 7) is 2.20. The number of rotatable bonds is 4. The normalized spacial score (nSPS) is 12.6. The largest absolute Gasteiger partial charge is 0.354 e. The van der Waals surface area contributed by atoms with Gasteiger partial charge in [-0.1, -0.05) is 17.4 Å². The van der Waals surface area contributed by atoms with Crippen LogP contribution in [0.15, 0.2) is 36.1 Å². The van der Waals surface area contributed by atoms with Gasteiger partial charge in [-0.15, -0.1) is 11.3 Å². The van der Waals surface area contributed by atoms with E-state index in [-0.39, 0.29) is 6.04 Å². The Morgan fingerprint density at radius 3 is 2.80 bits per heavy atom. The highest BCUT2D eigenvalue weighted by atomic mass is 32.1. The lowest BCUT2D eigenvalue weighted by atomic mass is 10.2. The van der Waals surface area contributed by atoms with Crippen LogP contribution in [0.1, 0.15) is 17.8 Å². The molecule has 3 rings (SSSR count). The quantitative estimate of drug-likeness (QED) is 0.736. The van der Waals surface area contributed by atoms with Crippen LogP contribution < -0.4 is 4.90 Å². The van der Waals surface area contributed by atoms with Crippen molar-refractivity contribution in [2.24, 2.45) is 0 Å². The van der Waals surface area contributed by atoms with Crippen molar-refractivity contribution in [2.45, 2.75) is 13.0 Å². The topological polar surface area (TPSA) is 34.0 Å². The minimum absolute atomic E-state index is 0.289. The fraction of sp³-hybridized carbons (Fsp3) is 0.286. The fourth-order valence-electron chi connectivity index (χ4n) is 2.06. The Hall–Kier alpha value is -1.66. The molecule has 0 aliphatic rings. The molecule has 0 N–H and O–H groups in total. The zero-order chi connectivity index (χ0) is 14.1. The van der Waals surface area contributed by atoms with E-state index in [0.29, 0.717) is 0 Å². The van der Waals surface area contributed by atoms with Crippen molar-refractivity contribution in [1.82, 2.24) is 14.5 Å². The summed E-state index contributed by atoms with van der Waals surface area (Å²) in [6.07, 6.45) is 5.79. The Bertz CT molecular complexity index is 682. The Labute approximate surface area is 126 Å². The number of hydrogen-bond donors (Lipinski definition) is 0. The molecule has 0 fully saturated rings. The van der Waals surface area contributed by atoms with Crippen LogP contribution in [0.5, 0.6) is 0 Å². The summed E-state index contributed by atoms with van der Waals surface area (Å²) in [5, 5.41) is 3.11. The summed E-state index contributed by atoms with van der Waals surface area (Å²) >= 11 is 3.44. The van der Waals surface area contributed by atoms with Crippen LogP contribution in [0, 0.1) is 0 Å². The van der Waals surface area contributed by atoms with Gasteiger partial charge in [0.25, 0.3) is 0 Å². The van der Waals surface area contributed by atoms with Crippen LogP contribution in [0.2, 0.25) is 0 Å². The van der Waals surface area contributed by atoms with E-state index in [1.165, 1.54) is 4.88 Å². The van der Waals surface area contributed by atoms with Crippen LogP contribution >= 0.6 is 22.7 Å². The number of aromatic nitrogens is 3. The van der Waals surface area contributed by atoms with E-state index in [1.54, 1.807) is 22.7 Å². The predicted molar refractivity (Wildman–Crippen MR) is 85.8 cm³/mol. The minimum atomic E-state index is 0.289. The molecule has 0 saturated carbocycles. The third kappa shape index (κ3) is 2.36. The highest BCUT2D eigenvalue weighted by Crippen LogP contribution is 2.32. The molecule has 0 aliphatic heterocycles. The third-order valence-electron chi connectivity index (χ3n) is 3.14. The maximum Gasteiger partial charge on any atom is 0.185 e. The first-order valence-corrected chi connectivity index (χ1v) is 8.06. The number of thiazole rings is 1. The Balaban J connectivity index is 1.97. The van der Waals surface area contributed by atoms with Gasteiger partial charge in [0.1, 0.15) is 0 Å². The van der Waals surface area contributed by atoms with Crippen molar-refractivity contribution in [3.63, 3.8) is 0 Å². The maximum atomic E-state index is 4.51. The van der Waals surface area contributed by atoms with Crippen LogP contribution in [0.3, 0.4) is 0 Å². The molecule has 3 aromatic rings. The third-order valence-corrected chi connectivity index (χ3v) is 5.34. The van der Waals surface area contributed by atoms with Gasteiger partial charge in [0.2, 0.25) is 0 Å². The van der Waals surface area contributed by atoms with Gasteiger partial charge in [-0.3, -0.25) is 0 Å². The van der Waals surface area contributed by atoms with Crippen molar-refractivity contribution in [1.29, 1.82) is 0 Å². The second kappa shape index (κ2) is 5.38. The van der Waals surface area contributed by atoms with Crippen LogP contribution in [0.25, 0.3) is 10.7 Å². The van der Waals surface area contributed by atoms with Crippen LogP contribution in [-0.2, 0) is 0 Å². The van der Waals surface area contributed by atoms with E-state index in [2.05, 4.69) is 39.0 Å². The molecule has 0 aromatic carbocycles. The standard InChI is InChI=1S/C14H16N4S2/c1-10(11-5-4-8-19-11)18-7-6-15-13(18)12-9-16-14(20-12)17(2)3/h4-10H,1-3H3/t10-/m0/s1. The van der Waals surface area contributed by atoms with Gasteiger partial charge >= 0.3 is 0 Å². The van der Waals surface area contributed by atoms with E-state index in [0.717, 1.165) is 15.8 Å². The first kappa shape index (κ1) is 13.3. The molecule has 0 aliphatic carbocycles. The smallest absolute Gasteiger partial charge is 0.185 e. The number of hydrogen-bond acceptors (Lipinski definition) is 5. The number of anilines is 1. The van der Waals surface area contributed by atoms with Gasteiger partial charge in [-0.2, -0.15) is 0 Å². The van der Waals surface area contributed by atoms with Crippen molar-refractivity contribution < 1.29 is 0 Å². The molecule has 0 saturated heterocycles. The number of imidazole rings is 1. The summed E-state index contributed by atoms with van der Waals surface area (Å²) in [4.78, 5) is 13.4. The second-order valence-electron chi connectivity index (χ2n) is 4.75. The van der Waals surface area contributed by atoms with Crippen LogP contribution in [-0.4, -0.2) is 28.6 Å². The summed E-state index contributed by atoms with van der Waals surface area (Å²) in [5.41, 5.74) is 0. The molecular weight excluding hydrogens is 288 g/mol. The van der Waals surface area contributed by atoms with Gasteiger partial charge < -0.3 is 9.47 Å². The Morgan fingerprint density at radius 1 is 1.30 bits per heavy atom. The second-order valence-corrected chi connectivity index (χ2v) is 6.74. The molecule has 0 radical (unpaired) electrons. The lowest BCUT2D eigenvalue weighted by Crippen LogP contribution is -2.07. The summed E-state index contributed by atoms with van der Waals surface area (Å²) in [6, 6.07) is 4.54. The fourth-order valence-corrected chi connectivity index (χ4v) is 3.68. The zero-order valence-electron chi connectivity index (χ0n) is 11.6. The molecule has 0 bridgehead atoms. The average molecular weight is 304 g/mol. The number of nitrogens with zero attached hydrogens (tertiary/aromatic N) is 4. The lowest BCUT2D eigenvalue weighted by molar-refractivity contribution is 0.658. The van der Waals surface area contributed by atoms with Crippen molar-refractivity contribution in [3.8, 4) is 10.7 Å². The minimum Gasteiger partial charge on any atom is -0.354 e. The lowest BCUT2D eigenvalue weighted by Gasteiger charge is -2.14. The molecule has 0 spiro atoms. The van der Waals surface area contributed by atoms with E-state index in [4.69, 9.17) is 0 Å². The molecule has 20 heavy (non-hydrogen) atoms. The molecule has 4 nitrogen and oxygen atoms in total. The average Bonchev–Trinajstić information content (AvgIpc) is 3.17. The maximum absolute atomic E-state index is 4.51. The molecule has 0 unspecified atom stereocenters. The summed E-state index contributed by atoms with van der Waals surface area (Å²) < 4.78 is 2.21. The Morgan fingerprint density at radius 2 is 2.15 bits per heavy atom. The van der Waals surface area contributed by atoms with Gasteiger partial charge in [0.15, 0.2) is 11.0 Å². The van der Waals surface area contributed by atoms with E-state index in [1.807, 2.05) is 37.6 Å². The van der Waals surface area contributed by atoms with Gasteiger partial charge in [0.05, 0.1) is 17.1 Å². The molecule has 104 valence electrons. The van der Waals surface area contributed by atoms with Crippen molar-refractivity contribution in [2.75, 3.05) is 19.0 Å². The SMILES string of the molecule is C[C@@H](c1cccs1)n1ccnc1-c1cnc(N(C)C)s1. The molecule has 1 atom stereocenters. The van der Waals surface area contributed by atoms with Gasteiger partial charge in [0, 0.05) is 31.4 Å². The van der Waals surface area contributed by atoms with E-state index >= 15 is 0 Å². The molecule has 3 aromatic heterocycles. The summed E-state index contributed by atoms with van der Waals surface area (Å²) in [7, 11) is 4.01. The van der Waals surface area contributed by atoms with Gasteiger partial charge in [-0.25, -0.2) is 9.97 Å². The number of thiophene rings is 1. The predicted octanol–water partition coefficient (Wildman–Crippen LogP) is 3.74. The van der Waals surface area contributed by atoms with Crippen LogP contribution in [0.4, 0.5) is 5.13 Å². The molecule has 0 amide bonds. The van der Waals surface area contributed by atoms with Gasteiger partial charge in [-0.05, 0) is 18.4 Å². The van der Waals surface area contributed by atoms with E-state index < -0.39 is 0 Å².